The van der Waals surface area contributed by atoms with Crippen LogP contribution in [0.4, 0.5) is 0 Å². The van der Waals surface area contributed by atoms with Gasteiger partial charge in [-0.15, -0.1) is 0 Å². The van der Waals surface area contributed by atoms with Crippen LogP contribution in [-0.4, -0.2) is 12.9 Å². The van der Waals surface area contributed by atoms with Gasteiger partial charge in [-0.1, -0.05) is 11.6 Å². The highest BCUT2D eigenvalue weighted by molar-refractivity contribution is 7.80. The summed E-state index contributed by atoms with van der Waals surface area (Å²) < 4.78 is 5.44. The number of thiol groups is 1. The molecule has 1 rings (SSSR count). The first kappa shape index (κ1) is 13.7. The number of hydrogen-bond donors (Lipinski definition) is 2. The summed E-state index contributed by atoms with van der Waals surface area (Å²) in [5.74, 6) is 1.40. The molecule has 1 aromatic rings. The number of hydrogen-bond acceptors (Lipinski definition) is 3. The summed E-state index contributed by atoms with van der Waals surface area (Å²) in [6, 6.07) is -0.157. The number of rotatable bonds is 3. The van der Waals surface area contributed by atoms with Crippen LogP contribution < -0.4 is 10.5 Å². The lowest BCUT2D eigenvalue weighted by atomic mass is 9.95. The molecule has 0 fully saturated rings. The van der Waals surface area contributed by atoms with E-state index in [-0.39, 0.29) is 6.04 Å². The van der Waals surface area contributed by atoms with E-state index >= 15 is 0 Å². The van der Waals surface area contributed by atoms with Crippen LogP contribution in [0.1, 0.15) is 28.3 Å². The molecular weight excluding hydrogens is 242 g/mol. The fourth-order valence-electron chi connectivity index (χ4n) is 1.91. The van der Waals surface area contributed by atoms with Crippen LogP contribution in [0.3, 0.4) is 0 Å². The van der Waals surface area contributed by atoms with Crippen molar-refractivity contribution in [3.8, 4) is 5.75 Å². The standard InChI is InChI=1S/C12H18ClNOS/c1-6-7(2)12(15-4)10(9(14)5-16)8(3)11(6)13/h9,16H,5,14H2,1-4H3. The lowest BCUT2D eigenvalue weighted by Crippen LogP contribution is -2.16. The van der Waals surface area contributed by atoms with Crippen molar-refractivity contribution in [2.24, 2.45) is 5.73 Å². The monoisotopic (exact) mass is 259 g/mol. The van der Waals surface area contributed by atoms with E-state index in [1.165, 1.54) is 0 Å². The SMILES string of the molecule is COc1c(C)c(C)c(Cl)c(C)c1C(N)CS. The Morgan fingerprint density at radius 1 is 1.25 bits per heavy atom. The van der Waals surface area contributed by atoms with E-state index in [0.717, 1.165) is 33.0 Å². The average molecular weight is 260 g/mol. The third kappa shape index (κ3) is 2.17. The molecule has 0 aliphatic heterocycles. The Bertz CT molecular complexity index is 407. The van der Waals surface area contributed by atoms with E-state index in [4.69, 9.17) is 22.1 Å². The Balaban J connectivity index is 3.57. The van der Waals surface area contributed by atoms with Gasteiger partial charge in [0.05, 0.1) is 7.11 Å². The zero-order chi connectivity index (χ0) is 12.5. The minimum atomic E-state index is -0.157. The van der Waals surface area contributed by atoms with E-state index in [2.05, 4.69) is 12.6 Å². The normalized spacial score (nSPS) is 12.7. The van der Waals surface area contributed by atoms with E-state index in [1.807, 2.05) is 20.8 Å². The Labute approximate surface area is 108 Å². The molecule has 1 atom stereocenters. The van der Waals surface area contributed by atoms with Gasteiger partial charge < -0.3 is 10.5 Å². The molecule has 0 amide bonds. The summed E-state index contributed by atoms with van der Waals surface area (Å²) in [4.78, 5) is 0. The van der Waals surface area contributed by atoms with Gasteiger partial charge in [0, 0.05) is 22.4 Å². The molecular formula is C12H18ClNOS. The average Bonchev–Trinajstić information content (AvgIpc) is 2.29. The molecule has 2 N–H and O–H groups in total. The minimum absolute atomic E-state index is 0.157. The van der Waals surface area contributed by atoms with Gasteiger partial charge in [-0.3, -0.25) is 0 Å². The molecule has 0 saturated carbocycles. The van der Waals surface area contributed by atoms with Crippen molar-refractivity contribution >= 4 is 24.2 Å². The molecule has 4 heteroatoms. The highest BCUT2D eigenvalue weighted by atomic mass is 35.5. The second kappa shape index (κ2) is 5.30. The second-order valence-corrected chi connectivity index (χ2v) is 4.67. The zero-order valence-corrected chi connectivity index (χ0v) is 11.7. The minimum Gasteiger partial charge on any atom is -0.496 e. The number of nitrogens with two attached hydrogens (primary N) is 1. The van der Waals surface area contributed by atoms with E-state index in [0.29, 0.717) is 5.75 Å². The number of halogens is 1. The molecule has 0 saturated heterocycles. The van der Waals surface area contributed by atoms with E-state index in [9.17, 15) is 0 Å². The molecule has 16 heavy (non-hydrogen) atoms. The van der Waals surface area contributed by atoms with Gasteiger partial charge in [0.15, 0.2) is 0 Å². The van der Waals surface area contributed by atoms with Gasteiger partial charge in [-0.2, -0.15) is 12.6 Å². The highest BCUT2D eigenvalue weighted by Gasteiger charge is 2.20. The molecule has 0 heterocycles. The zero-order valence-electron chi connectivity index (χ0n) is 10.1. The Morgan fingerprint density at radius 2 is 1.81 bits per heavy atom. The third-order valence-electron chi connectivity index (χ3n) is 2.98. The van der Waals surface area contributed by atoms with Crippen LogP contribution in [0.5, 0.6) is 5.75 Å². The van der Waals surface area contributed by atoms with Crippen molar-refractivity contribution < 1.29 is 4.74 Å². The van der Waals surface area contributed by atoms with Crippen LogP contribution in [-0.2, 0) is 0 Å². The van der Waals surface area contributed by atoms with Gasteiger partial charge in [0.1, 0.15) is 5.75 Å². The summed E-state index contributed by atoms with van der Waals surface area (Å²) >= 11 is 10.5. The van der Waals surface area contributed by atoms with Crippen molar-refractivity contribution in [1.82, 2.24) is 0 Å². The second-order valence-electron chi connectivity index (χ2n) is 3.92. The van der Waals surface area contributed by atoms with Crippen molar-refractivity contribution in [2.75, 3.05) is 12.9 Å². The molecule has 1 aromatic carbocycles. The number of benzene rings is 1. The topological polar surface area (TPSA) is 35.2 Å². The van der Waals surface area contributed by atoms with Gasteiger partial charge in [-0.05, 0) is 37.5 Å². The summed E-state index contributed by atoms with van der Waals surface area (Å²) in [5.41, 5.74) is 10.1. The Kier molecular flexibility index (Phi) is 4.53. The fourth-order valence-corrected chi connectivity index (χ4v) is 2.33. The molecule has 0 aromatic heterocycles. The van der Waals surface area contributed by atoms with E-state index < -0.39 is 0 Å². The molecule has 0 aliphatic carbocycles. The van der Waals surface area contributed by atoms with Gasteiger partial charge >= 0.3 is 0 Å². The smallest absolute Gasteiger partial charge is 0.127 e. The first-order chi connectivity index (χ1) is 7.45. The van der Waals surface area contributed by atoms with Crippen LogP contribution in [0.2, 0.25) is 5.02 Å². The lowest BCUT2D eigenvalue weighted by Gasteiger charge is -2.21. The fraction of sp³-hybridized carbons (Fsp3) is 0.500. The predicted molar refractivity (Wildman–Crippen MR) is 73.0 cm³/mol. The predicted octanol–water partition coefficient (Wildman–Crippen LogP) is 3.20. The van der Waals surface area contributed by atoms with Gasteiger partial charge in [0.2, 0.25) is 0 Å². The molecule has 0 aliphatic rings. The highest BCUT2D eigenvalue weighted by Crippen LogP contribution is 2.38. The third-order valence-corrected chi connectivity index (χ3v) is 3.94. The molecule has 0 radical (unpaired) electrons. The summed E-state index contributed by atoms with van der Waals surface area (Å²) in [6.07, 6.45) is 0. The lowest BCUT2D eigenvalue weighted by molar-refractivity contribution is 0.403. The summed E-state index contributed by atoms with van der Waals surface area (Å²) in [6.45, 7) is 5.95. The maximum atomic E-state index is 6.28. The molecule has 2 nitrogen and oxygen atoms in total. The maximum absolute atomic E-state index is 6.28. The van der Waals surface area contributed by atoms with Gasteiger partial charge in [-0.25, -0.2) is 0 Å². The molecule has 90 valence electrons. The number of methoxy groups -OCH3 is 1. The molecule has 0 bridgehead atoms. The van der Waals surface area contributed by atoms with Crippen LogP contribution in [0.25, 0.3) is 0 Å². The largest absolute Gasteiger partial charge is 0.496 e. The summed E-state index contributed by atoms with van der Waals surface area (Å²) in [7, 11) is 1.66. The van der Waals surface area contributed by atoms with Crippen LogP contribution >= 0.6 is 24.2 Å². The quantitative estimate of drug-likeness (QED) is 0.818. The van der Waals surface area contributed by atoms with Crippen molar-refractivity contribution in [1.29, 1.82) is 0 Å². The van der Waals surface area contributed by atoms with Crippen molar-refractivity contribution in [2.45, 2.75) is 26.8 Å². The van der Waals surface area contributed by atoms with Crippen molar-refractivity contribution in [3.63, 3.8) is 0 Å². The first-order valence-electron chi connectivity index (χ1n) is 5.15. The molecule has 1 unspecified atom stereocenters. The Morgan fingerprint density at radius 3 is 2.25 bits per heavy atom. The van der Waals surface area contributed by atoms with Crippen LogP contribution in [0, 0.1) is 20.8 Å². The van der Waals surface area contributed by atoms with Gasteiger partial charge in [0.25, 0.3) is 0 Å². The maximum Gasteiger partial charge on any atom is 0.127 e. The van der Waals surface area contributed by atoms with Crippen molar-refractivity contribution in [3.05, 3.63) is 27.3 Å². The van der Waals surface area contributed by atoms with Crippen LogP contribution in [0.15, 0.2) is 0 Å². The summed E-state index contributed by atoms with van der Waals surface area (Å²) in [5, 5.41) is 0.769. The molecule has 0 spiro atoms. The van der Waals surface area contributed by atoms with E-state index in [1.54, 1.807) is 7.11 Å². The Hall–Kier alpha value is -0.380. The number of ether oxygens (including phenoxy) is 1. The first-order valence-corrected chi connectivity index (χ1v) is 6.16.